The van der Waals surface area contributed by atoms with E-state index in [1.165, 1.54) is 16.9 Å². The van der Waals surface area contributed by atoms with Crippen LogP contribution >= 0.6 is 11.3 Å². The third-order valence-electron chi connectivity index (χ3n) is 5.16. The molecule has 1 saturated heterocycles. The lowest BCUT2D eigenvalue weighted by Gasteiger charge is -2.45. The molecular formula is C21H29N3O2S. The highest BCUT2D eigenvalue weighted by molar-refractivity contribution is 7.15. The second-order valence-electron chi connectivity index (χ2n) is 7.93. The molecule has 6 heteroatoms. The van der Waals surface area contributed by atoms with Crippen LogP contribution in [0.1, 0.15) is 43.6 Å². The van der Waals surface area contributed by atoms with E-state index in [9.17, 15) is 4.79 Å². The van der Waals surface area contributed by atoms with Gasteiger partial charge >= 0.3 is 0 Å². The fourth-order valence-electron chi connectivity index (χ4n) is 3.98. The van der Waals surface area contributed by atoms with Gasteiger partial charge in [0, 0.05) is 23.1 Å². The maximum atomic E-state index is 12.1. The topological polar surface area (TPSA) is 63.2 Å². The maximum absolute atomic E-state index is 12.1. The Morgan fingerprint density at radius 3 is 2.74 bits per heavy atom. The summed E-state index contributed by atoms with van der Waals surface area (Å²) in [5.41, 5.74) is 1.32. The van der Waals surface area contributed by atoms with Gasteiger partial charge in [-0.05, 0) is 52.1 Å². The van der Waals surface area contributed by atoms with Crippen LogP contribution in [-0.2, 0) is 14.9 Å². The number of thiazole rings is 1. The molecule has 2 N–H and O–H groups in total. The van der Waals surface area contributed by atoms with Crippen molar-refractivity contribution in [3.05, 3.63) is 47.0 Å². The predicted molar refractivity (Wildman–Crippen MR) is 110 cm³/mol. The number of rotatable bonds is 7. The standard InChI is InChI=1S/C21H29N3O2S/c1-16-13-23-19(27-16)24-18(25)14-22-11-9-21(17-7-5-4-6-8-17)10-12-26-20(2,3)15-21/h4-8,13,22H,9-12,14-15H2,1-3H3,(H,23,24,25). The van der Waals surface area contributed by atoms with E-state index in [4.69, 9.17) is 4.74 Å². The minimum atomic E-state index is -0.131. The van der Waals surface area contributed by atoms with E-state index in [2.05, 4.69) is 59.8 Å². The quantitative estimate of drug-likeness (QED) is 0.708. The lowest BCUT2D eigenvalue weighted by molar-refractivity contribution is -0.115. The van der Waals surface area contributed by atoms with Crippen molar-refractivity contribution in [1.29, 1.82) is 0 Å². The largest absolute Gasteiger partial charge is 0.376 e. The number of aromatic nitrogens is 1. The predicted octanol–water partition coefficient (Wildman–Crippen LogP) is 3.90. The fraction of sp³-hybridized carbons (Fsp3) is 0.524. The Kier molecular flexibility index (Phi) is 6.29. The van der Waals surface area contributed by atoms with Crippen molar-refractivity contribution < 1.29 is 9.53 Å². The van der Waals surface area contributed by atoms with Crippen LogP contribution in [-0.4, -0.2) is 36.2 Å². The summed E-state index contributed by atoms with van der Waals surface area (Å²) in [6.45, 7) is 8.16. The molecule has 2 aromatic rings. The third kappa shape index (κ3) is 5.37. The second-order valence-corrected chi connectivity index (χ2v) is 9.17. The van der Waals surface area contributed by atoms with Crippen LogP contribution < -0.4 is 10.6 Å². The van der Waals surface area contributed by atoms with Gasteiger partial charge < -0.3 is 15.4 Å². The first-order valence-corrected chi connectivity index (χ1v) is 10.3. The van der Waals surface area contributed by atoms with Crippen molar-refractivity contribution in [2.75, 3.05) is 25.0 Å². The molecule has 0 bridgehead atoms. The summed E-state index contributed by atoms with van der Waals surface area (Å²) in [5, 5.41) is 6.81. The second kappa shape index (κ2) is 8.50. The van der Waals surface area contributed by atoms with Gasteiger partial charge in [-0.15, -0.1) is 11.3 Å². The summed E-state index contributed by atoms with van der Waals surface area (Å²) in [7, 11) is 0. The van der Waals surface area contributed by atoms with Crippen LogP contribution in [0.25, 0.3) is 0 Å². The molecule has 3 rings (SSSR count). The lowest BCUT2D eigenvalue weighted by Crippen LogP contribution is -2.45. The van der Waals surface area contributed by atoms with Crippen LogP contribution in [0.3, 0.4) is 0 Å². The van der Waals surface area contributed by atoms with Gasteiger partial charge in [0.05, 0.1) is 12.1 Å². The smallest absolute Gasteiger partial charge is 0.240 e. The van der Waals surface area contributed by atoms with Gasteiger partial charge in [-0.25, -0.2) is 4.98 Å². The Balaban J connectivity index is 1.56. The molecule has 1 aliphatic heterocycles. The maximum Gasteiger partial charge on any atom is 0.240 e. The van der Waals surface area contributed by atoms with Crippen molar-refractivity contribution in [3.8, 4) is 0 Å². The number of amides is 1. The van der Waals surface area contributed by atoms with Crippen molar-refractivity contribution in [2.24, 2.45) is 0 Å². The number of ether oxygens (including phenoxy) is 1. The van der Waals surface area contributed by atoms with Gasteiger partial charge in [0.15, 0.2) is 5.13 Å². The molecule has 1 fully saturated rings. The fourth-order valence-corrected chi connectivity index (χ4v) is 4.66. The average Bonchev–Trinajstić information content (AvgIpc) is 3.03. The molecule has 1 aromatic heterocycles. The number of nitrogens with one attached hydrogen (secondary N) is 2. The molecule has 0 spiro atoms. The molecule has 1 aromatic carbocycles. The SMILES string of the molecule is Cc1cnc(NC(=O)CNCCC2(c3ccccc3)CCOC(C)(C)C2)s1. The van der Waals surface area contributed by atoms with Gasteiger partial charge in [-0.1, -0.05) is 30.3 Å². The van der Waals surface area contributed by atoms with E-state index in [0.717, 1.165) is 37.3 Å². The van der Waals surface area contributed by atoms with Crippen LogP contribution in [0.4, 0.5) is 5.13 Å². The number of nitrogens with zero attached hydrogens (tertiary/aromatic N) is 1. The molecule has 27 heavy (non-hydrogen) atoms. The van der Waals surface area contributed by atoms with Crippen molar-refractivity contribution >= 4 is 22.4 Å². The van der Waals surface area contributed by atoms with Gasteiger partial charge in [-0.2, -0.15) is 0 Å². The summed E-state index contributed by atoms with van der Waals surface area (Å²) >= 11 is 1.49. The van der Waals surface area contributed by atoms with E-state index in [-0.39, 0.29) is 16.9 Å². The Bertz CT molecular complexity index is 760. The lowest BCUT2D eigenvalue weighted by atomic mass is 9.67. The molecule has 0 saturated carbocycles. The van der Waals surface area contributed by atoms with Gasteiger partial charge in [0.1, 0.15) is 0 Å². The first-order valence-electron chi connectivity index (χ1n) is 9.51. The normalized spacial score (nSPS) is 21.7. The molecular weight excluding hydrogens is 358 g/mol. The third-order valence-corrected chi connectivity index (χ3v) is 5.99. The summed E-state index contributed by atoms with van der Waals surface area (Å²) in [4.78, 5) is 17.4. The number of aryl methyl sites for hydroxylation is 1. The number of hydrogen-bond acceptors (Lipinski definition) is 5. The molecule has 1 aliphatic rings. The van der Waals surface area contributed by atoms with Crippen LogP contribution in [0.2, 0.25) is 0 Å². The van der Waals surface area contributed by atoms with E-state index in [1.807, 2.05) is 6.92 Å². The summed E-state index contributed by atoms with van der Waals surface area (Å²) in [6, 6.07) is 10.7. The molecule has 1 unspecified atom stereocenters. The summed E-state index contributed by atoms with van der Waals surface area (Å²) < 4.78 is 5.96. The highest BCUT2D eigenvalue weighted by atomic mass is 32.1. The zero-order valence-electron chi connectivity index (χ0n) is 16.4. The first-order chi connectivity index (χ1) is 12.9. The molecule has 0 aliphatic carbocycles. The minimum Gasteiger partial charge on any atom is -0.376 e. The highest BCUT2D eigenvalue weighted by Gasteiger charge is 2.41. The number of carbonyl (C=O) groups excluding carboxylic acids is 1. The van der Waals surface area contributed by atoms with Gasteiger partial charge in [0.25, 0.3) is 0 Å². The molecule has 146 valence electrons. The van der Waals surface area contributed by atoms with Crippen molar-refractivity contribution in [2.45, 2.75) is 51.0 Å². The van der Waals surface area contributed by atoms with E-state index >= 15 is 0 Å². The monoisotopic (exact) mass is 387 g/mol. The van der Waals surface area contributed by atoms with Gasteiger partial charge in [-0.3, -0.25) is 4.79 Å². The first kappa shape index (κ1) is 20.0. The molecule has 5 nitrogen and oxygen atoms in total. The molecule has 2 heterocycles. The zero-order valence-corrected chi connectivity index (χ0v) is 17.2. The van der Waals surface area contributed by atoms with Crippen molar-refractivity contribution in [3.63, 3.8) is 0 Å². The van der Waals surface area contributed by atoms with Gasteiger partial charge in [0.2, 0.25) is 5.91 Å². The number of anilines is 1. The average molecular weight is 388 g/mol. The number of benzene rings is 1. The number of carbonyl (C=O) groups is 1. The Hall–Kier alpha value is -1.76. The molecule has 1 amide bonds. The Morgan fingerprint density at radius 1 is 1.30 bits per heavy atom. The Labute approximate surface area is 165 Å². The summed E-state index contributed by atoms with van der Waals surface area (Å²) in [5.74, 6) is -0.0505. The molecule has 0 radical (unpaired) electrons. The number of hydrogen-bond donors (Lipinski definition) is 2. The van der Waals surface area contributed by atoms with E-state index in [1.54, 1.807) is 6.20 Å². The Morgan fingerprint density at radius 2 is 2.07 bits per heavy atom. The van der Waals surface area contributed by atoms with E-state index in [0.29, 0.717) is 11.7 Å². The zero-order chi connectivity index (χ0) is 19.3. The van der Waals surface area contributed by atoms with Crippen LogP contribution in [0, 0.1) is 6.92 Å². The van der Waals surface area contributed by atoms with Crippen LogP contribution in [0.5, 0.6) is 0 Å². The summed E-state index contributed by atoms with van der Waals surface area (Å²) in [6.07, 6.45) is 4.74. The highest BCUT2D eigenvalue weighted by Crippen LogP contribution is 2.43. The van der Waals surface area contributed by atoms with E-state index < -0.39 is 0 Å². The minimum absolute atomic E-state index is 0.0505. The van der Waals surface area contributed by atoms with Crippen LogP contribution in [0.15, 0.2) is 36.5 Å². The van der Waals surface area contributed by atoms with Crippen molar-refractivity contribution in [1.82, 2.24) is 10.3 Å². The molecule has 1 atom stereocenters.